The fourth-order valence-corrected chi connectivity index (χ4v) is 4.20. The van der Waals surface area contributed by atoms with Crippen LogP contribution in [0.15, 0.2) is 53.5 Å². The van der Waals surface area contributed by atoms with Crippen LogP contribution in [0.4, 0.5) is 0 Å². The number of aliphatic imine (C=N–C) groups is 1. The lowest BCUT2D eigenvalue weighted by atomic mass is 10.1. The van der Waals surface area contributed by atoms with Gasteiger partial charge in [0.2, 0.25) is 0 Å². The molecule has 1 aliphatic rings. The molecule has 6 nitrogen and oxygen atoms in total. The predicted octanol–water partition coefficient (Wildman–Crippen LogP) is 4.27. The van der Waals surface area contributed by atoms with Crippen molar-refractivity contribution in [2.24, 2.45) is 4.99 Å². The highest BCUT2D eigenvalue weighted by Gasteiger charge is 2.23. The summed E-state index contributed by atoms with van der Waals surface area (Å²) in [4.78, 5) is 9.33. The first-order valence-electron chi connectivity index (χ1n) is 11.7. The molecule has 7 heteroatoms. The number of hydrogen-bond acceptors (Lipinski definition) is 4. The molecular weight excluding hydrogens is 525 g/mol. The molecule has 0 amide bonds. The molecule has 2 N–H and O–H groups in total. The quantitative estimate of drug-likeness (QED) is 0.256. The van der Waals surface area contributed by atoms with E-state index in [9.17, 15) is 0 Å². The van der Waals surface area contributed by atoms with Crippen molar-refractivity contribution in [1.29, 1.82) is 0 Å². The van der Waals surface area contributed by atoms with E-state index in [1.54, 1.807) is 7.11 Å². The number of ether oxygens (including phenoxy) is 1. The minimum absolute atomic E-state index is 0. The van der Waals surface area contributed by atoms with Crippen LogP contribution in [-0.4, -0.2) is 63.1 Å². The summed E-state index contributed by atoms with van der Waals surface area (Å²) in [6.07, 6.45) is 2.53. The van der Waals surface area contributed by atoms with Gasteiger partial charge in [0.25, 0.3) is 0 Å². The third kappa shape index (κ3) is 8.46. The molecule has 1 aliphatic heterocycles. The van der Waals surface area contributed by atoms with Crippen LogP contribution in [0.25, 0.3) is 0 Å². The number of nitrogens with one attached hydrogen (secondary N) is 2. The van der Waals surface area contributed by atoms with E-state index in [0.717, 1.165) is 51.0 Å². The summed E-state index contributed by atoms with van der Waals surface area (Å²) < 4.78 is 5.34. The van der Waals surface area contributed by atoms with Crippen LogP contribution in [-0.2, 0) is 13.1 Å². The van der Waals surface area contributed by atoms with Gasteiger partial charge in [-0.25, -0.2) is 0 Å². The first-order chi connectivity index (χ1) is 15.6. The van der Waals surface area contributed by atoms with Crippen molar-refractivity contribution in [3.63, 3.8) is 0 Å². The number of halogens is 1. The summed E-state index contributed by atoms with van der Waals surface area (Å²) in [6, 6.07) is 17.5. The van der Waals surface area contributed by atoms with Crippen molar-refractivity contribution in [3.05, 3.63) is 65.2 Å². The zero-order chi connectivity index (χ0) is 22.8. The molecule has 1 atom stereocenters. The summed E-state index contributed by atoms with van der Waals surface area (Å²) >= 11 is 0. The van der Waals surface area contributed by atoms with Crippen molar-refractivity contribution < 1.29 is 4.74 Å². The van der Waals surface area contributed by atoms with Crippen LogP contribution in [0.3, 0.4) is 0 Å². The van der Waals surface area contributed by atoms with Gasteiger partial charge >= 0.3 is 0 Å². The van der Waals surface area contributed by atoms with Crippen molar-refractivity contribution >= 4 is 29.9 Å². The topological polar surface area (TPSA) is 52.1 Å². The Morgan fingerprint density at radius 1 is 1.09 bits per heavy atom. The van der Waals surface area contributed by atoms with Crippen LogP contribution < -0.4 is 15.4 Å². The normalized spacial score (nSPS) is 15.2. The maximum absolute atomic E-state index is 5.34. The summed E-state index contributed by atoms with van der Waals surface area (Å²) in [5.74, 6) is 1.73. The Kier molecular flexibility index (Phi) is 12.0. The van der Waals surface area contributed by atoms with Crippen LogP contribution in [0.1, 0.15) is 42.5 Å². The standard InChI is InChI=1S/C26H39N5O.HI/c1-5-30(3)20-22-10-8-9-21(17-22)18-28-26(27-2)29-19-25(31-15-6-7-16-31)23-11-13-24(32-4)14-12-23;/h8-14,17,25H,5-7,15-16,18-20H2,1-4H3,(H2,27,28,29);1H. The number of likely N-dealkylation sites (tertiary alicyclic amines) is 1. The highest BCUT2D eigenvalue weighted by molar-refractivity contribution is 14.0. The molecule has 1 fully saturated rings. The van der Waals surface area contributed by atoms with Gasteiger partial charge in [0.15, 0.2) is 5.96 Å². The summed E-state index contributed by atoms with van der Waals surface area (Å²) in [7, 11) is 5.69. The van der Waals surface area contributed by atoms with E-state index in [1.165, 1.54) is 29.5 Å². The second-order valence-electron chi connectivity index (χ2n) is 8.49. The van der Waals surface area contributed by atoms with E-state index in [-0.39, 0.29) is 24.0 Å². The van der Waals surface area contributed by atoms with Gasteiger partial charge in [0, 0.05) is 26.7 Å². The molecule has 0 bridgehead atoms. The predicted molar refractivity (Wildman–Crippen MR) is 149 cm³/mol. The van der Waals surface area contributed by atoms with Crippen LogP contribution in [0, 0.1) is 0 Å². The Bertz CT molecular complexity index is 852. The minimum atomic E-state index is 0. The number of hydrogen-bond donors (Lipinski definition) is 2. The molecule has 2 aromatic carbocycles. The number of benzene rings is 2. The number of methoxy groups -OCH3 is 1. The lowest BCUT2D eigenvalue weighted by Crippen LogP contribution is -2.42. The van der Waals surface area contributed by atoms with Crippen molar-refractivity contribution in [2.45, 2.75) is 38.9 Å². The molecule has 0 aliphatic carbocycles. The molecule has 1 saturated heterocycles. The average molecular weight is 566 g/mol. The van der Waals surface area contributed by atoms with Gasteiger partial charge in [0.1, 0.15) is 5.75 Å². The van der Waals surface area contributed by atoms with E-state index in [1.807, 2.05) is 7.05 Å². The average Bonchev–Trinajstić information content (AvgIpc) is 3.36. The van der Waals surface area contributed by atoms with Gasteiger partial charge in [-0.2, -0.15) is 0 Å². The molecule has 0 aromatic heterocycles. The molecule has 2 aromatic rings. The Balaban J connectivity index is 0.00000385. The number of rotatable bonds is 10. The Labute approximate surface area is 216 Å². The maximum Gasteiger partial charge on any atom is 0.191 e. The molecular formula is C26H40IN5O. The molecule has 1 heterocycles. The molecule has 1 unspecified atom stereocenters. The van der Waals surface area contributed by atoms with Crippen molar-refractivity contribution in [1.82, 2.24) is 20.4 Å². The first-order valence-corrected chi connectivity index (χ1v) is 11.7. The van der Waals surface area contributed by atoms with Crippen molar-refractivity contribution in [3.8, 4) is 5.75 Å². The van der Waals surface area contributed by atoms with Gasteiger partial charge < -0.3 is 20.3 Å². The zero-order valence-electron chi connectivity index (χ0n) is 20.5. The third-order valence-electron chi connectivity index (χ3n) is 6.21. The lowest BCUT2D eigenvalue weighted by molar-refractivity contribution is 0.245. The number of guanidine groups is 1. The van der Waals surface area contributed by atoms with Crippen molar-refractivity contribution in [2.75, 3.05) is 47.4 Å². The maximum atomic E-state index is 5.34. The summed E-state index contributed by atoms with van der Waals surface area (Å²) in [5, 5.41) is 7.04. The molecule has 0 spiro atoms. The smallest absolute Gasteiger partial charge is 0.191 e. The van der Waals surface area contributed by atoms with Gasteiger partial charge in [0.05, 0.1) is 13.2 Å². The van der Waals surface area contributed by atoms with E-state index >= 15 is 0 Å². The van der Waals surface area contributed by atoms with E-state index < -0.39 is 0 Å². The molecule has 0 saturated carbocycles. The fourth-order valence-electron chi connectivity index (χ4n) is 4.20. The molecule has 0 radical (unpaired) electrons. The third-order valence-corrected chi connectivity index (χ3v) is 6.21. The van der Waals surface area contributed by atoms with Crippen LogP contribution in [0.5, 0.6) is 5.75 Å². The Hall–Kier alpha value is -1.84. The van der Waals surface area contributed by atoms with E-state index in [2.05, 4.69) is 87.9 Å². The summed E-state index contributed by atoms with van der Waals surface area (Å²) in [6.45, 7) is 8.05. The molecule has 33 heavy (non-hydrogen) atoms. The number of nitrogens with zero attached hydrogens (tertiary/aromatic N) is 3. The highest BCUT2D eigenvalue weighted by atomic mass is 127. The van der Waals surface area contributed by atoms with Gasteiger partial charge in [-0.1, -0.05) is 43.3 Å². The Morgan fingerprint density at radius 2 is 1.79 bits per heavy atom. The fraction of sp³-hybridized carbons (Fsp3) is 0.500. The monoisotopic (exact) mass is 565 g/mol. The second-order valence-corrected chi connectivity index (χ2v) is 8.49. The minimum Gasteiger partial charge on any atom is -0.497 e. The highest BCUT2D eigenvalue weighted by Crippen LogP contribution is 2.26. The van der Waals surface area contributed by atoms with Gasteiger partial charge in [-0.05, 0) is 68.3 Å². The first kappa shape index (κ1) is 27.4. The Morgan fingerprint density at radius 3 is 2.42 bits per heavy atom. The largest absolute Gasteiger partial charge is 0.497 e. The van der Waals surface area contributed by atoms with E-state index in [0.29, 0.717) is 6.04 Å². The zero-order valence-corrected chi connectivity index (χ0v) is 22.8. The summed E-state index contributed by atoms with van der Waals surface area (Å²) in [5.41, 5.74) is 3.91. The SMILES string of the molecule is CCN(C)Cc1cccc(CNC(=NC)NCC(c2ccc(OC)cc2)N2CCCC2)c1.I. The van der Waals surface area contributed by atoms with Gasteiger partial charge in [-0.15, -0.1) is 24.0 Å². The van der Waals surface area contributed by atoms with Gasteiger partial charge in [-0.3, -0.25) is 9.89 Å². The molecule has 3 rings (SSSR count). The second kappa shape index (κ2) is 14.4. The molecule has 182 valence electrons. The van der Waals surface area contributed by atoms with Crippen LogP contribution >= 0.6 is 24.0 Å². The lowest BCUT2D eigenvalue weighted by Gasteiger charge is -2.29. The van der Waals surface area contributed by atoms with E-state index in [4.69, 9.17) is 4.74 Å². The van der Waals surface area contributed by atoms with Crippen LogP contribution in [0.2, 0.25) is 0 Å².